The maximum atomic E-state index is 6.09. The third-order valence-corrected chi connectivity index (χ3v) is 5.56. The lowest BCUT2D eigenvalue weighted by Crippen LogP contribution is -2.51. The molecular weight excluding hydrogens is 318 g/mol. The zero-order valence-corrected chi connectivity index (χ0v) is 15.3. The Labute approximate surface area is 149 Å². The third kappa shape index (κ3) is 3.73. The minimum absolute atomic E-state index is 0.284. The second-order valence-corrected chi connectivity index (χ2v) is 7.55. The first kappa shape index (κ1) is 17.0. The fraction of sp³-hybridized carbons (Fsp3) is 0.778. The average molecular weight is 347 g/mol. The van der Waals surface area contributed by atoms with Crippen LogP contribution in [0, 0.1) is 5.92 Å². The van der Waals surface area contributed by atoms with Crippen LogP contribution < -0.4 is 9.80 Å². The molecule has 0 spiro atoms. The van der Waals surface area contributed by atoms with Gasteiger partial charge in [0.15, 0.2) is 0 Å². The van der Waals surface area contributed by atoms with Gasteiger partial charge in [-0.2, -0.15) is 4.98 Å². The lowest BCUT2D eigenvalue weighted by Gasteiger charge is -2.38. The van der Waals surface area contributed by atoms with Crippen molar-refractivity contribution in [3.05, 3.63) is 12.3 Å². The molecule has 3 saturated heterocycles. The summed E-state index contributed by atoms with van der Waals surface area (Å²) in [6.07, 6.45) is 4.52. The molecule has 25 heavy (non-hydrogen) atoms. The molecule has 138 valence electrons. The molecule has 0 saturated carbocycles. The molecule has 1 aromatic heterocycles. The quantitative estimate of drug-likeness (QED) is 0.801. The second-order valence-electron chi connectivity index (χ2n) is 7.55. The number of likely N-dealkylation sites (tertiary alicyclic amines) is 1. The van der Waals surface area contributed by atoms with Crippen molar-refractivity contribution in [3.63, 3.8) is 0 Å². The van der Waals surface area contributed by atoms with Crippen molar-refractivity contribution in [2.45, 2.75) is 25.0 Å². The Kier molecular flexibility index (Phi) is 5.05. The van der Waals surface area contributed by atoms with Crippen LogP contribution >= 0.6 is 0 Å². The molecule has 4 heterocycles. The number of hydrogen-bond donors (Lipinski definition) is 0. The number of rotatable bonds is 4. The summed E-state index contributed by atoms with van der Waals surface area (Å²) >= 11 is 0. The maximum absolute atomic E-state index is 6.09. The molecule has 1 aromatic rings. The van der Waals surface area contributed by atoms with E-state index in [1.807, 2.05) is 31.3 Å². The summed E-state index contributed by atoms with van der Waals surface area (Å²) in [6.45, 7) is 6.77. The second kappa shape index (κ2) is 7.43. The van der Waals surface area contributed by atoms with Crippen LogP contribution in [0.2, 0.25) is 0 Å². The molecule has 3 aliphatic rings. The first-order chi connectivity index (χ1) is 12.2. The molecule has 4 rings (SSSR count). The highest BCUT2D eigenvalue weighted by Gasteiger charge is 2.41. The normalized spacial score (nSPS) is 28.2. The molecule has 7 heteroatoms. The van der Waals surface area contributed by atoms with Gasteiger partial charge in [-0.15, -0.1) is 0 Å². The van der Waals surface area contributed by atoms with E-state index in [9.17, 15) is 0 Å². The highest BCUT2D eigenvalue weighted by molar-refractivity contribution is 5.45. The van der Waals surface area contributed by atoms with Gasteiger partial charge in [-0.25, -0.2) is 4.98 Å². The maximum Gasteiger partial charge on any atom is 0.226 e. The summed E-state index contributed by atoms with van der Waals surface area (Å²) < 4.78 is 11.6. The largest absolute Gasteiger partial charge is 0.381 e. The van der Waals surface area contributed by atoms with E-state index in [0.717, 1.165) is 57.1 Å². The van der Waals surface area contributed by atoms with E-state index in [-0.39, 0.29) is 6.10 Å². The molecule has 0 bridgehead atoms. The predicted molar refractivity (Wildman–Crippen MR) is 97.2 cm³/mol. The third-order valence-electron chi connectivity index (χ3n) is 5.56. The molecule has 2 atom stereocenters. The van der Waals surface area contributed by atoms with Crippen molar-refractivity contribution in [2.75, 3.05) is 69.9 Å². The number of anilines is 2. The van der Waals surface area contributed by atoms with Crippen LogP contribution in [0.15, 0.2) is 12.3 Å². The smallest absolute Gasteiger partial charge is 0.226 e. The van der Waals surface area contributed by atoms with Crippen LogP contribution in [-0.2, 0) is 9.47 Å². The summed E-state index contributed by atoms with van der Waals surface area (Å²) in [5.74, 6) is 2.55. The molecule has 0 amide bonds. The van der Waals surface area contributed by atoms with Crippen LogP contribution in [0.3, 0.4) is 0 Å². The van der Waals surface area contributed by atoms with Gasteiger partial charge in [0.25, 0.3) is 0 Å². The van der Waals surface area contributed by atoms with Crippen molar-refractivity contribution >= 4 is 11.8 Å². The van der Waals surface area contributed by atoms with Crippen molar-refractivity contribution in [1.82, 2.24) is 14.9 Å². The van der Waals surface area contributed by atoms with Gasteiger partial charge in [-0.3, -0.25) is 4.90 Å². The molecule has 0 radical (unpaired) electrons. The Bertz CT molecular complexity index is 578. The number of morpholine rings is 1. The van der Waals surface area contributed by atoms with E-state index in [1.54, 1.807) is 0 Å². The first-order valence-corrected chi connectivity index (χ1v) is 9.39. The SMILES string of the molecule is CN(C)c1nccc(N2CCO[C@H]3CN(CC4CCOCC4)C[C@H]32)n1. The van der Waals surface area contributed by atoms with E-state index < -0.39 is 0 Å². The molecule has 7 nitrogen and oxygen atoms in total. The molecule has 0 aliphatic carbocycles. The summed E-state index contributed by atoms with van der Waals surface area (Å²) in [4.78, 5) is 16.0. The van der Waals surface area contributed by atoms with Gasteiger partial charge in [0, 0.05) is 59.7 Å². The van der Waals surface area contributed by atoms with Crippen LogP contribution in [0.5, 0.6) is 0 Å². The Morgan fingerprint density at radius 2 is 2.04 bits per heavy atom. The van der Waals surface area contributed by atoms with Gasteiger partial charge in [0.2, 0.25) is 5.95 Å². The number of aromatic nitrogens is 2. The predicted octanol–water partition coefficient (Wildman–Crippen LogP) is 0.859. The lowest BCUT2D eigenvalue weighted by atomic mass is 10.00. The van der Waals surface area contributed by atoms with Crippen molar-refractivity contribution in [3.8, 4) is 0 Å². The Morgan fingerprint density at radius 1 is 1.20 bits per heavy atom. The van der Waals surface area contributed by atoms with E-state index in [0.29, 0.717) is 6.04 Å². The van der Waals surface area contributed by atoms with Gasteiger partial charge in [0.1, 0.15) is 5.82 Å². The molecule has 3 fully saturated rings. The highest BCUT2D eigenvalue weighted by Crippen LogP contribution is 2.29. The topological polar surface area (TPSA) is 54.0 Å². The van der Waals surface area contributed by atoms with E-state index in [1.165, 1.54) is 19.4 Å². The number of fused-ring (bicyclic) bond motifs is 1. The van der Waals surface area contributed by atoms with Crippen LogP contribution in [-0.4, -0.2) is 87.1 Å². The van der Waals surface area contributed by atoms with Crippen molar-refractivity contribution in [2.24, 2.45) is 5.92 Å². The molecule has 3 aliphatic heterocycles. The Morgan fingerprint density at radius 3 is 2.84 bits per heavy atom. The fourth-order valence-electron chi connectivity index (χ4n) is 4.21. The van der Waals surface area contributed by atoms with E-state index >= 15 is 0 Å². The van der Waals surface area contributed by atoms with Crippen molar-refractivity contribution < 1.29 is 9.47 Å². The van der Waals surface area contributed by atoms with Gasteiger partial charge in [0.05, 0.1) is 18.8 Å². The standard InChI is InChI=1S/C18H29N5O2/c1-21(2)18-19-6-3-17(20-18)23-7-10-25-16-13-22(12-15(16)23)11-14-4-8-24-9-5-14/h3,6,14-16H,4-5,7-13H2,1-2H3/t15-,16+/m1/s1. The molecule has 0 N–H and O–H groups in total. The summed E-state index contributed by atoms with van der Waals surface area (Å²) in [5.41, 5.74) is 0. The Hall–Kier alpha value is -1.44. The number of hydrogen-bond acceptors (Lipinski definition) is 7. The Balaban J connectivity index is 1.45. The number of ether oxygens (including phenoxy) is 2. The highest BCUT2D eigenvalue weighted by atomic mass is 16.5. The van der Waals surface area contributed by atoms with Crippen LogP contribution in [0.1, 0.15) is 12.8 Å². The lowest BCUT2D eigenvalue weighted by molar-refractivity contribution is 0.0269. The van der Waals surface area contributed by atoms with Gasteiger partial charge in [-0.05, 0) is 24.8 Å². The van der Waals surface area contributed by atoms with Gasteiger partial charge < -0.3 is 19.3 Å². The zero-order chi connectivity index (χ0) is 17.2. The minimum Gasteiger partial charge on any atom is -0.381 e. The zero-order valence-electron chi connectivity index (χ0n) is 15.3. The average Bonchev–Trinajstić information content (AvgIpc) is 3.05. The summed E-state index contributed by atoms with van der Waals surface area (Å²) in [5, 5.41) is 0. The molecular formula is C18H29N5O2. The van der Waals surface area contributed by atoms with E-state index in [4.69, 9.17) is 14.5 Å². The van der Waals surface area contributed by atoms with Gasteiger partial charge >= 0.3 is 0 Å². The van der Waals surface area contributed by atoms with Crippen LogP contribution in [0.25, 0.3) is 0 Å². The summed E-state index contributed by atoms with van der Waals surface area (Å²) in [6, 6.07) is 2.41. The first-order valence-electron chi connectivity index (χ1n) is 9.39. The molecule has 0 aromatic carbocycles. The van der Waals surface area contributed by atoms with Gasteiger partial charge in [-0.1, -0.05) is 0 Å². The molecule has 0 unspecified atom stereocenters. The van der Waals surface area contributed by atoms with Crippen LogP contribution in [0.4, 0.5) is 11.8 Å². The van der Waals surface area contributed by atoms with E-state index in [2.05, 4.69) is 14.8 Å². The van der Waals surface area contributed by atoms with Crippen molar-refractivity contribution in [1.29, 1.82) is 0 Å². The summed E-state index contributed by atoms with van der Waals surface area (Å²) in [7, 11) is 3.96. The fourth-order valence-corrected chi connectivity index (χ4v) is 4.21. The minimum atomic E-state index is 0.284. The monoisotopic (exact) mass is 347 g/mol. The number of nitrogens with zero attached hydrogens (tertiary/aromatic N) is 5.